The molecule has 1 aromatic heterocycles. The van der Waals surface area contributed by atoms with Crippen LogP contribution in [-0.2, 0) is 9.53 Å². The lowest BCUT2D eigenvalue weighted by atomic mass is 9.86. The molecule has 134 valence electrons. The van der Waals surface area contributed by atoms with Crippen molar-refractivity contribution in [3.8, 4) is 11.8 Å². The number of amides is 1. The van der Waals surface area contributed by atoms with E-state index in [0.717, 1.165) is 29.9 Å². The summed E-state index contributed by atoms with van der Waals surface area (Å²) in [5, 5.41) is 12.6. The molecule has 0 bridgehead atoms. The molecule has 6 heteroatoms. The molecule has 1 spiro atoms. The number of nitriles is 1. The molecule has 1 unspecified atom stereocenters. The number of nitrogens with one attached hydrogen (secondary N) is 1. The summed E-state index contributed by atoms with van der Waals surface area (Å²) < 4.78 is 7.41. The number of carbonyl (C=O) groups excluding carboxylic acids is 1. The van der Waals surface area contributed by atoms with Gasteiger partial charge in [0.05, 0.1) is 18.1 Å². The van der Waals surface area contributed by atoms with Crippen LogP contribution in [0.5, 0.6) is 0 Å². The topological polar surface area (TPSA) is 79.9 Å². The van der Waals surface area contributed by atoms with Gasteiger partial charge in [-0.15, -0.1) is 0 Å². The Kier molecular flexibility index (Phi) is 3.85. The Bertz CT molecular complexity index is 888. The fourth-order valence-electron chi connectivity index (χ4n) is 4.06. The van der Waals surface area contributed by atoms with Crippen LogP contribution in [0.4, 0.5) is 5.69 Å². The predicted molar refractivity (Wildman–Crippen MR) is 96.8 cm³/mol. The normalized spacial score (nSPS) is 23.4. The van der Waals surface area contributed by atoms with E-state index >= 15 is 0 Å². The van der Waals surface area contributed by atoms with Crippen molar-refractivity contribution in [3.05, 3.63) is 42.0 Å². The minimum absolute atomic E-state index is 0.190. The van der Waals surface area contributed by atoms with E-state index in [9.17, 15) is 10.1 Å². The molecule has 1 N–H and O–H groups in total. The maximum Gasteiger partial charge on any atom is 0.245 e. The highest BCUT2D eigenvalue weighted by atomic mass is 16.5. The highest BCUT2D eigenvalue weighted by molar-refractivity contribution is 6.00. The fourth-order valence-corrected chi connectivity index (χ4v) is 4.06. The first-order valence-corrected chi connectivity index (χ1v) is 8.93. The molecular weight excluding hydrogens is 328 g/mol. The number of hydrogen-bond donors (Lipinski definition) is 1. The van der Waals surface area contributed by atoms with E-state index in [1.807, 2.05) is 42.7 Å². The Morgan fingerprint density at radius 2 is 1.96 bits per heavy atom. The van der Waals surface area contributed by atoms with Gasteiger partial charge in [-0.1, -0.05) is 0 Å². The lowest BCUT2D eigenvalue weighted by Gasteiger charge is -2.25. The Hall–Kier alpha value is -2.65. The predicted octanol–water partition coefficient (Wildman–Crippen LogP) is 3.14. The standard InChI is InChI=1S/C20H22N4O2/c1-14-15(2)24(13-22-14)17-5-3-16(4-6-17)23-18(25)20(12-21)11-19(20)7-9-26-10-8-19/h3-6,13H,7-11H2,1-2H3,(H,23,25). The van der Waals surface area contributed by atoms with Gasteiger partial charge in [0, 0.05) is 35.7 Å². The summed E-state index contributed by atoms with van der Waals surface area (Å²) >= 11 is 0. The monoisotopic (exact) mass is 350 g/mol. The molecule has 1 aromatic carbocycles. The summed E-state index contributed by atoms with van der Waals surface area (Å²) in [5.74, 6) is -0.190. The number of aryl methyl sites for hydroxylation is 1. The number of hydrogen-bond acceptors (Lipinski definition) is 4. The summed E-state index contributed by atoms with van der Waals surface area (Å²) in [6.45, 7) is 5.27. The molecule has 0 radical (unpaired) electrons. The van der Waals surface area contributed by atoms with Crippen molar-refractivity contribution in [1.29, 1.82) is 5.26 Å². The lowest BCUT2D eigenvalue weighted by molar-refractivity contribution is -0.121. The molecule has 2 fully saturated rings. The quantitative estimate of drug-likeness (QED) is 0.922. The number of aromatic nitrogens is 2. The van der Waals surface area contributed by atoms with Crippen LogP contribution >= 0.6 is 0 Å². The summed E-state index contributed by atoms with van der Waals surface area (Å²) in [6.07, 6.45) is 4.00. The molecule has 26 heavy (non-hydrogen) atoms. The van der Waals surface area contributed by atoms with Crippen LogP contribution in [-0.4, -0.2) is 28.7 Å². The number of nitrogens with zero attached hydrogens (tertiary/aromatic N) is 3. The second kappa shape index (κ2) is 5.96. The van der Waals surface area contributed by atoms with Crippen molar-refractivity contribution in [2.24, 2.45) is 10.8 Å². The van der Waals surface area contributed by atoms with Crippen molar-refractivity contribution in [3.63, 3.8) is 0 Å². The molecule has 6 nitrogen and oxygen atoms in total. The Morgan fingerprint density at radius 3 is 2.54 bits per heavy atom. The van der Waals surface area contributed by atoms with Crippen LogP contribution < -0.4 is 5.32 Å². The smallest absolute Gasteiger partial charge is 0.245 e. The van der Waals surface area contributed by atoms with Crippen LogP contribution in [0.25, 0.3) is 5.69 Å². The van der Waals surface area contributed by atoms with Crippen LogP contribution in [0, 0.1) is 36.0 Å². The number of carbonyl (C=O) groups is 1. The van der Waals surface area contributed by atoms with E-state index in [-0.39, 0.29) is 11.3 Å². The van der Waals surface area contributed by atoms with Gasteiger partial charge >= 0.3 is 0 Å². The molecule has 1 saturated carbocycles. The van der Waals surface area contributed by atoms with E-state index in [1.54, 1.807) is 6.33 Å². The third-order valence-electron chi connectivity index (χ3n) is 6.07. The third-order valence-corrected chi connectivity index (χ3v) is 6.07. The number of benzene rings is 1. The minimum atomic E-state index is -0.909. The van der Waals surface area contributed by atoms with Gasteiger partial charge in [0.1, 0.15) is 5.41 Å². The van der Waals surface area contributed by atoms with E-state index in [1.165, 1.54) is 0 Å². The summed E-state index contributed by atoms with van der Waals surface area (Å²) in [6, 6.07) is 9.92. The number of imidazole rings is 1. The number of anilines is 1. The molecule has 2 aliphatic rings. The Morgan fingerprint density at radius 1 is 1.27 bits per heavy atom. The first-order valence-electron chi connectivity index (χ1n) is 8.93. The van der Waals surface area contributed by atoms with Gasteiger partial charge in [-0.3, -0.25) is 4.79 Å². The third kappa shape index (κ3) is 2.43. The zero-order valence-corrected chi connectivity index (χ0v) is 15.1. The minimum Gasteiger partial charge on any atom is -0.381 e. The van der Waals surface area contributed by atoms with Gasteiger partial charge in [0.2, 0.25) is 5.91 Å². The zero-order chi connectivity index (χ0) is 18.4. The highest BCUT2D eigenvalue weighted by Gasteiger charge is 2.72. The second-order valence-electron chi connectivity index (χ2n) is 7.37. The number of rotatable bonds is 3. The molecule has 4 rings (SSSR count). The molecule has 1 aliphatic carbocycles. The van der Waals surface area contributed by atoms with E-state index in [4.69, 9.17) is 4.74 Å². The first-order chi connectivity index (χ1) is 12.5. The highest BCUT2D eigenvalue weighted by Crippen LogP contribution is 2.68. The van der Waals surface area contributed by atoms with Crippen molar-refractivity contribution < 1.29 is 9.53 Å². The molecule has 1 saturated heterocycles. The molecule has 2 aromatic rings. The molecule has 1 aliphatic heterocycles. The summed E-state index contributed by atoms with van der Waals surface area (Å²) in [7, 11) is 0. The maximum atomic E-state index is 12.8. The van der Waals surface area contributed by atoms with Crippen LogP contribution in [0.15, 0.2) is 30.6 Å². The first kappa shape index (κ1) is 16.8. The van der Waals surface area contributed by atoms with Crippen molar-refractivity contribution in [2.75, 3.05) is 18.5 Å². The van der Waals surface area contributed by atoms with Crippen molar-refractivity contribution in [2.45, 2.75) is 33.1 Å². The van der Waals surface area contributed by atoms with E-state index in [0.29, 0.717) is 25.3 Å². The van der Waals surface area contributed by atoms with Gasteiger partial charge < -0.3 is 14.6 Å². The second-order valence-corrected chi connectivity index (χ2v) is 7.37. The van der Waals surface area contributed by atoms with Crippen molar-refractivity contribution >= 4 is 11.6 Å². The van der Waals surface area contributed by atoms with Crippen molar-refractivity contribution in [1.82, 2.24) is 9.55 Å². The van der Waals surface area contributed by atoms with Crippen LogP contribution in [0.2, 0.25) is 0 Å². The van der Waals surface area contributed by atoms with Gasteiger partial charge in [-0.2, -0.15) is 5.26 Å². The molecule has 1 amide bonds. The van der Waals surface area contributed by atoms with Gasteiger partial charge in [-0.25, -0.2) is 4.98 Å². The van der Waals surface area contributed by atoms with Gasteiger partial charge in [-0.05, 0) is 57.4 Å². The Labute approximate surface area is 152 Å². The fraction of sp³-hybridized carbons (Fsp3) is 0.450. The Balaban J connectivity index is 1.50. The van der Waals surface area contributed by atoms with Gasteiger partial charge in [0.25, 0.3) is 0 Å². The molecule has 1 atom stereocenters. The average molecular weight is 350 g/mol. The zero-order valence-electron chi connectivity index (χ0n) is 15.1. The SMILES string of the molecule is Cc1ncn(-c2ccc(NC(=O)C3(C#N)CC34CCOCC4)cc2)c1C. The lowest BCUT2D eigenvalue weighted by Crippen LogP contribution is -2.32. The van der Waals surface area contributed by atoms with E-state index in [2.05, 4.69) is 16.4 Å². The number of ether oxygens (including phenoxy) is 1. The van der Waals surface area contributed by atoms with Crippen LogP contribution in [0.3, 0.4) is 0 Å². The molecular formula is C20H22N4O2. The maximum absolute atomic E-state index is 12.8. The summed E-state index contributed by atoms with van der Waals surface area (Å²) in [5.41, 5.74) is 2.67. The van der Waals surface area contributed by atoms with Crippen LogP contribution in [0.1, 0.15) is 30.7 Å². The largest absolute Gasteiger partial charge is 0.381 e. The van der Waals surface area contributed by atoms with Gasteiger partial charge in [0.15, 0.2) is 0 Å². The molecule has 2 heterocycles. The average Bonchev–Trinajstić information content (AvgIpc) is 3.17. The van der Waals surface area contributed by atoms with E-state index < -0.39 is 5.41 Å². The summed E-state index contributed by atoms with van der Waals surface area (Å²) in [4.78, 5) is 17.1.